The van der Waals surface area contributed by atoms with Crippen LogP contribution >= 0.6 is 11.6 Å². The predicted molar refractivity (Wildman–Crippen MR) is 132 cm³/mol. The molecule has 1 saturated heterocycles. The molecule has 1 aliphatic heterocycles. The first-order valence-corrected chi connectivity index (χ1v) is 13.2. The lowest BCUT2D eigenvalue weighted by atomic mass is 10.0. The number of sulfonamides is 1. The van der Waals surface area contributed by atoms with Crippen LogP contribution < -0.4 is 10.1 Å². The van der Waals surface area contributed by atoms with E-state index < -0.39 is 27.9 Å². The molecule has 1 aliphatic rings. The van der Waals surface area contributed by atoms with Crippen LogP contribution in [-0.4, -0.2) is 43.8 Å². The Bertz CT molecular complexity index is 1250. The van der Waals surface area contributed by atoms with Gasteiger partial charge in [0.1, 0.15) is 6.10 Å². The van der Waals surface area contributed by atoms with E-state index in [1.54, 1.807) is 5.06 Å². The molecule has 0 N–H and O–H groups in total. The maximum absolute atomic E-state index is 13.0. The van der Waals surface area contributed by atoms with Crippen molar-refractivity contribution in [3.8, 4) is 0 Å². The Kier molecular flexibility index (Phi) is 7.46. The molecule has 0 saturated carbocycles. The third kappa shape index (κ3) is 5.75. The summed E-state index contributed by atoms with van der Waals surface area (Å²) < 4.78 is 65.6. The Hall–Kier alpha value is -2.86. The van der Waals surface area contributed by atoms with Crippen molar-refractivity contribution in [2.75, 3.05) is 29.9 Å². The summed E-state index contributed by atoms with van der Waals surface area (Å²) in [6.07, 6.45) is -3.12. The molecule has 12 heteroatoms. The lowest BCUT2D eigenvalue weighted by molar-refractivity contribution is -0.137. The van der Waals surface area contributed by atoms with Crippen LogP contribution in [0.15, 0.2) is 72.9 Å². The van der Waals surface area contributed by atoms with Crippen molar-refractivity contribution < 1.29 is 26.4 Å². The summed E-state index contributed by atoms with van der Waals surface area (Å²) in [5, 5.41) is 2.55. The van der Waals surface area contributed by atoms with Gasteiger partial charge in [0.05, 0.1) is 35.1 Å². The zero-order valence-corrected chi connectivity index (χ0v) is 21.0. The lowest BCUT2D eigenvalue weighted by Crippen LogP contribution is -2.48. The average Bonchev–Trinajstić information content (AvgIpc) is 3.26. The fourth-order valence-electron chi connectivity index (χ4n) is 4.08. The van der Waals surface area contributed by atoms with Gasteiger partial charge in [0, 0.05) is 19.7 Å². The third-order valence-corrected chi connectivity index (χ3v) is 7.20. The Morgan fingerprint density at radius 2 is 1.72 bits per heavy atom. The van der Waals surface area contributed by atoms with Crippen LogP contribution in [-0.2, 0) is 21.0 Å². The molecule has 0 unspecified atom stereocenters. The van der Waals surface area contributed by atoms with Crippen molar-refractivity contribution in [1.82, 2.24) is 9.40 Å². The molecule has 4 rings (SSSR count). The molecule has 0 aliphatic carbocycles. The van der Waals surface area contributed by atoms with Crippen molar-refractivity contribution in [2.24, 2.45) is 0 Å². The number of nitrogens with zero attached hydrogens (tertiary/aromatic N) is 4. The molecule has 7 nitrogen and oxygen atoms in total. The highest BCUT2D eigenvalue weighted by Crippen LogP contribution is 2.39. The summed E-state index contributed by atoms with van der Waals surface area (Å²) in [7, 11) is -2.50. The number of alkyl halides is 3. The van der Waals surface area contributed by atoms with Crippen molar-refractivity contribution in [2.45, 2.75) is 24.7 Å². The van der Waals surface area contributed by atoms with Gasteiger partial charge in [-0.05, 0) is 23.8 Å². The van der Waals surface area contributed by atoms with Crippen molar-refractivity contribution in [3.63, 3.8) is 0 Å². The summed E-state index contributed by atoms with van der Waals surface area (Å²) in [5.74, 6) is -0.132. The standard InChI is InChI=1S/C24H24ClF3N4O3S/c1-30(23-21(25)13-18(15-29-23)24(26,27)28)31(36(2,33)34)16-20-14-22(17-9-5-3-6-10-17)32(35-20)19-11-7-4-8-12-19/h3-13,15,20,22H,14,16H2,1-2H3/t20-,22-/m1/s1. The van der Waals surface area contributed by atoms with E-state index in [9.17, 15) is 21.6 Å². The Morgan fingerprint density at radius 3 is 2.28 bits per heavy atom. The monoisotopic (exact) mass is 540 g/mol. The number of hydrogen-bond acceptors (Lipinski definition) is 6. The second-order valence-corrected chi connectivity index (χ2v) is 10.7. The van der Waals surface area contributed by atoms with E-state index in [4.69, 9.17) is 16.4 Å². The normalized spacial score (nSPS) is 18.6. The van der Waals surface area contributed by atoms with E-state index in [0.29, 0.717) is 12.6 Å². The average molecular weight is 541 g/mol. The number of rotatable bonds is 7. The van der Waals surface area contributed by atoms with Crippen molar-refractivity contribution in [1.29, 1.82) is 0 Å². The molecule has 1 fully saturated rings. The Balaban J connectivity index is 1.62. The van der Waals surface area contributed by atoms with Crippen LogP contribution in [0, 0.1) is 0 Å². The highest BCUT2D eigenvalue weighted by atomic mass is 35.5. The molecule has 0 bridgehead atoms. The fraction of sp³-hybridized carbons (Fsp3) is 0.292. The van der Waals surface area contributed by atoms with Crippen LogP contribution in [0.5, 0.6) is 0 Å². The maximum atomic E-state index is 13.0. The van der Waals surface area contributed by atoms with Crippen molar-refractivity contribution in [3.05, 3.63) is 89.1 Å². The van der Waals surface area contributed by atoms with Gasteiger partial charge in [-0.3, -0.25) is 9.85 Å². The van der Waals surface area contributed by atoms with Crippen LogP contribution in [0.1, 0.15) is 23.6 Å². The van der Waals surface area contributed by atoms with Gasteiger partial charge in [0.2, 0.25) is 10.0 Å². The minimum atomic E-state index is -4.63. The van der Waals surface area contributed by atoms with Gasteiger partial charge >= 0.3 is 6.18 Å². The molecule has 0 radical (unpaired) electrons. The number of pyridine rings is 1. The SMILES string of the molecule is CN(c1ncc(C(F)(F)F)cc1Cl)N(C[C@H]1C[C@H](c2ccccc2)N(c2ccccc2)O1)S(C)(=O)=O. The van der Waals surface area contributed by atoms with Gasteiger partial charge in [-0.1, -0.05) is 60.1 Å². The molecule has 1 aromatic heterocycles. The molecule has 192 valence electrons. The van der Waals surface area contributed by atoms with Gasteiger partial charge in [0.15, 0.2) is 5.82 Å². The van der Waals surface area contributed by atoms with E-state index in [1.165, 1.54) is 7.05 Å². The molecule has 2 heterocycles. The van der Waals surface area contributed by atoms with E-state index in [2.05, 4.69) is 4.98 Å². The summed E-state index contributed by atoms with van der Waals surface area (Å²) >= 11 is 6.08. The van der Waals surface area contributed by atoms with E-state index in [0.717, 1.165) is 33.0 Å². The minimum Gasteiger partial charge on any atom is -0.278 e. The number of aromatic nitrogens is 1. The second-order valence-electron chi connectivity index (χ2n) is 8.37. The first-order chi connectivity index (χ1) is 16.9. The van der Waals surface area contributed by atoms with Crippen LogP contribution in [0.25, 0.3) is 0 Å². The molecule has 2 atom stereocenters. The number of benzene rings is 2. The van der Waals surface area contributed by atoms with Crippen LogP contribution in [0.3, 0.4) is 0 Å². The third-order valence-electron chi connectivity index (χ3n) is 5.76. The molecule has 3 aromatic rings. The number of anilines is 2. The van der Waals surface area contributed by atoms with Crippen LogP contribution in [0.4, 0.5) is 24.7 Å². The van der Waals surface area contributed by atoms with E-state index in [-0.39, 0.29) is 23.4 Å². The largest absolute Gasteiger partial charge is 0.417 e. The Labute approximate surface area is 212 Å². The lowest BCUT2D eigenvalue weighted by Gasteiger charge is -2.32. The number of halogens is 4. The minimum absolute atomic E-state index is 0.110. The fourth-order valence-corrected chi connectivity index (χ4v) is 5.32. The molecule has 2 aromatic carbocycles. The first-order valence-electron chi connectivity index (χ1n) is 10.9. The summed E-state index contributed by atoms with van der Waals surface area (Å²) in [5.41, 5.74) is 0.773. The topological polar surface area (TPSA) is 66.0 Å². The first kappa shape index (κ1) is 26.2. The molecule has 0 spiro atoms. The highest BCUT2D eigenvalue weighted by molar-refractivity contribution is 7.88. The van der Waals surface area contributed by atoms with Gasteiger partial charge in [-0.15, -0.1) is 4.41 Å². The number of para-hydroxylation sites is 1. The molecule has 36 heavy (non-hydrogen) atoms. The zero-order chi connectivity index (χ0) is 26.1. The summed E-state index contributed by atoms with van der Waals surface area (Å²) in [6.45, 7) is -0.110. The Morgan fingerprint density at radius 1 is 1.11 bits per heavy atom. The van der Waals surface area contributed by atoms with E-state index >= 15 is 0 Å². The van der Waals surface area contributed by atoms with Crippen LogP contribution in [0.2, 0.25) is 5.02 Å². The number of hydroxylamine groups is 1. The van der Waals surface area contributed by atoms with Crippen molar-refractivity contribution >= 4 is 33.1 Å². The van der Waals surface area contributed by atoms with Gasteiger partial charge in [0.25, 0.3) is 0 Å². The maximum Gasteiger partial charge on any atom is 0.417 e. The molecular weight excluding hydrogens is 517 g/mol. The second kappa shape index (κ2) is 10.3. The van der Waals surface area contributed by atoms with Gasteiger partial charge < -0.3 is 0 Å². The summed E-state index contributed by atoms with van der Waals surface area (Å²) in [4.78, 5) is 10.0. The highest BCUT2D eigenvalue weighted by Gasteiger charge is 2.39. The van der Waals surface area contributed by atoms with E-state index in [1.807, 2.05) is 60.7 Å². The molecule has 0 amide bonds. The van der Waals surface area contributed by atoms with Gasteiger partial charge in [-0.25, -0.2) is 18.5 Å². The smallest absolute Gasteiger partial charge is 0.278 e. The number of hydrogen-bond donors (Lipinski definition) is 0. The predicted octanol–water partition coefficient (Wildman–Crippen LogP) is 5.32. The quantitative estimate of drug-likeness (QED) is 0.378. The molecular formula is C24H24ClF3N4O3S. The number of hydrazine groups is 1. The summed E-state index contributed by atoms with van der Waals surface area (Å²) in [6, 6.07) is 19.6. The van der Waals surface area contributed by atoms with Gasteiger partial charge in [-0.2, -0.15) is 13.2 Å². The zero-order valence-electron chi connectivity index (χ0n) is 19.4.